The van der Waals surface area contributed by atoms with Crippen LogP contribution in [0.3, 0.4) is 0 Å². The van der Waals surface area contributed by atoms with E-state index in [2.05, 4.69) is 15.5 Å². The van der Waals surface area contributed by atoms with Crippen molar-refractivity contribution < 1.29 is 36.6 Å². The number of furan rings is 1. The van der Waals surface area contributed by atoms with Gasteiger partial charge in [0.05, 0.1) is 35.9 Å². The molecule has 0 spiro atoms. The largest absolute Gasteiger partial charge is 0.493 e. The third-order valence-electron chi connectivity index (χ3n) is 7.80. The number of amides is 2. The van der Waals surface area contributed by atoms with Gasteiger partial charge in [-0.1, -0.05) is 40.9 Å². The molecular formula is C38H30Cl3N5O8S2. The van der Waals surface area contributed by atoms with Crippen LogP contribution in [0.1, 0.15) is 22.5 Å². The summed E-state index contributed by atoms with van der Waals surface area (Å²) in [6.45, 7) is -0.129. The molecule has 0 aliphatic carbocycles. The number of nitrogens with one attached hydrogen (secondary N) is 1. The minimum Gasteiger partial charge on any atom is -0.493 e. The molecule has 288 valence electrons. The van der Waals surface area contributed by atoms with E-state index in [0.29, 0.717) is 49.1 Å². The van der Waals surface area contributed by atoms with Crippen LogP contribution in [-0.4, -0.2) is 50.2 Å². The Morgan fingerprint density at radius 2 is 1.70 bits per heavy atom. The van der Waals surface area contributed by atoms with Crippen LogP contribution in [0, 0.1) is 0 Å². The van der Waals surface area contributed by atoms with E-state index in [1.54, 1.807) is 72.8 Å². The predicted octanol–water partition coefficient (Wildman–Crippen LogP) is 8.00. The van der Waals surface area contributed by atoms with E-state index >= 15 is 0 Å². The number of hydrogen-bond acceptors (Lipinski definition) is 11. The molecule has 1 saturated heterocycles. The van der Waals surface area contributed by atoms with E-state index < -0.39 is 22.5 Å². The molecular weight excluding hydrogens is 825 g/mol. The van der Waals surface area contributed by atoms with Gasteiger partial charge in [-0.3, -0.25) is 14.5 Å². The molecule has 56 heavy (non-hydrogen) atoms. The molecule has 1 fully saturated rings. The summed E-state index contributed by atoms with van der Waals surface area (Å²) < 4.78 is 45.9. The van der Waals surface area contributed by atoms with Gasteiger partial charge in [0.15, 0.2) is 23.3 Å². The first kappa shape index (κ1) is 40.4. The van der Waals surface area contributed by atoms with Crippen LogP contribution in [0.4, 0.5) is 5.69 Å². The Kier molecular flexibility index (Phi) is 13.1. The second-order valence-electron chi connectivity index (χ2n) is 11.7. The first-order chi connectivity index (χ1) is 26.9. The Labute approximate surface area is 340 Å². The zero-order valence-corrected chi connectivity index (χ0v) is 33.0. The van der Waals surface area contributed by atoms with E-state index in [4.69, 9.17) is 58.6 Å². The number of nitrogens with two attached hydrogens (primary N) is 1. The highest BCUT2D eigenvalue weighted by molar-refractivity contribution is 8.18. The fraction of sp³-hybridized carbons (Fsp3) is 0.105. The van der Waals surface area contributed by atoms with Gasteiger partial charge in [0.2, 0.25) is 10.0 Å². The number of hydrogen-bond donors (Lipinski definition) is 2. The van der Waals surface area contributed by atoms with Crippen LogP contribution in [0.5, 0.6) is 17.2 Å². The van der Waals surface area contributed by atoms with Crippen LogP contribution in [0.25, 0.3) is 6.08 Å². The van der Waals surface area contributed by atoms with E-state index in [-0.39, 0.29) is 39.8 Å². The lowest BCUT2D eigenvalue weighted by Gasteiger charge is -2.13. The number of benzene rings is 4. The fourth-order valence-corrected chi connectivity index (χ4v) is 7.16. The molecule has 1 aliphatic heterocycles. The van der Waals surface area contributed by atoms with E-state index in [9.17, 15) is 18.0 Å². The van der Waals surface area contributed by atoms with Crippen molar-refractivity contribution in [3.05, 3.63) is 140 Å². The molecule has 5 aromatic rings. The maximum absolute atomic E-state index is 13.8. The van der Waals surface area contributed by atoms with Crippen LogP contribution in [0.2, 0.25) is 15.1 Å². The van der Waals surface area contributed by atoms with Crippen molar-refractivity contribution in [2.75, 3.05) is 19.0 Å². The number of primary sulfonamides is 1. The van der Waals surface area contributed by atoms with Crippen LogP contribution < -0.4 is 24.7 Å². The minimum absolute atomic E-state index is 0.0826. The number of nitrogens with zero attached hydrogens (tertiary/aromatic N) is 3. The summed E-state index contributed by atoms with van der Waals surface area (Å²) in [5.41, 5.74) is 2.17. The maximum Gasteiger partial charge on any atom is 0.267 e. The molecule has 1 aliphatic rings. The van der Waals surface area contributed by atoms with Crippen LogP contribution >= 0.6 is 46.6 Å². The van der Waals surface area contributed by atoms with E-state index in [1.165, 1.54) is 48.8 Å². The summed E-state index contributed by atoms with van der Waals surface area (Å²) in [6.07, 6.45) is 4.60. The summed E-state index contributed by atoms with van der Waals surface area (Å²) in [4.78, 5) is 28.1. The van der Waals surface area contributed by atoms with Crippen molar-refractivity contribution in [1.82, 2.24) is 4.90 Å². The van der Waals surface area contributed by atoms with Gasteiger partial charge >= 0.3 is 0 Å². The average molecular weight is 855 g/mol. The Balaban J connectivity index is 1.18. The zero-order chi connectivity index (χ0) is 39.8. The van der Waals surface area contributed by atoms with Crippen LogP contribution in [-0.2, 0) is 32.8 Å². The number of halogens is 3. The number of rotatable bonds is 14. The Morgan fingerprint density at radius 3 is 2.41 bits per heavy atom. The van der Waals surface area contributed by atoms with Crippen molar-refractivity contribution in [1.29, 1.82) is 0 Å². The van der Waals surface area contributed by atoms with Crippen molar-refractivity contribution in [3.8, 4) is 17.2 Å². The van der Waals surface area contributed by atoms with Crippen molar-refractivity contribution in [3.63, 3.8) is 0 Å². The normalized spacial score (nSPS) is 14.5. The molecule has 0 unspecified atom stereocenters. The number of sulfonamides is 1. The van der Waals surface area contributed by atoms with Gasteiger partial charge in [-0.15, -0.1) is 5.10 Å². The summed E-state index contributed by atoms with van der Waals surface area (Å²) in [7, 11) is -2.36. The second-order valence-corrected chi connectivity index (χ2v) is 15.6. The lowest BCUT2D eigenvalue weighted by molar-refractivity contribution is -0.122. The maximum atomic E-state index is 13.8. The lowest BCUT2D eigenvalue weighted by Crippen LogP contribution is -2.28. The monoisotopic (exact) mass is 853 g/mol. The standard InChI is InChI=1S/C38H30Cl3N5O8S2/c1-51-34-15-23(4-12-33(34)53-21-24-5-6-27(40)18-31(24)41)19-43-45-38-46(20-29-3-2-14-52-29)37(48)35(55-38)17-25-16-26(39)7-13-32(25)54-22-36(47)44-28-8-10-30(11-9-28)56(42,49)50/h2-19H,20-22H2,1H3,(H,44,47)(H2,42,49,50)/b35-17-,43-19+,45-38-. The smallest absolute Gasteiger partial charge is 0.267 e. The zero-order valence-electron chi connectivity index (χ0n) is 29.1. The van der Waals surface area contributed by atoms with Gasteiger partial charge in [-0.05, 0) is 108 Å². The SMILES string of the molecule is COc1cc(/C=N/N=C2\S/C(=C\c3cc(Cl)ccc3OCC(=O)Nc3ccc(S(N)(=O)=O)cc3)C(=O)N2Cc2ccco2)ccc1OCc1ccc(Cl)cc1Cl. The molecule has 6 rings (SSSR count). The first-order valence-electron chi connectivity index (χ1n) is 16.3. The molecule has 2 heterocycles. The summed E-state index contributed by atoms with van der Waals surface area (Å²) in [5, 5.41) is 18.1. The van der Waals surface area contributed by atoms with Crippen molar-refractivity contribution >= 4 is 91.5 Å². The average Bonchev–Trinajstić information content (AvgIpc) is 3.78. The number of carbonyl (C=O) groups excluding carboxylic acids is 2. The molecule has 0 atom stereocenters. The van der Waals surface area contributed by atoms with Gasteiger partial charge in [0.25, 0.3) is 11.8 Å². The Hall–Kier alpha value is -5.29. The molecule has 0 saturated carbocycles. The minimum atomic E-state index is -3.88. The van der Waals surface area contributed by atoms with Gasteiger partial charge in [-0.25, -0.2) is 13.6 Å². The molecule has 3 N–H and O–H groups in total. The van der Waals surface area contributed by atoms with E-state index in [0.717, 1.165) is 17.3 Å². The third kappa shape index (κ3) is 10.5. The van der Waals surface area contributed by atoms with Crippen LogP contribution in [0.15, 0.2) is 122 Å². The third-order valence-corrected chi connectivity index (χ3v) is 10.6. The number of amidine groups is 1. The molecule has 0 bridgehead atoms. The molecule has 13 nitrogen and oxygen atoms in total. The molecule has 2 amide bonds. The Bertz CT molecular complexity index is 2460. The van der Waals surface area contributed by atoms with Gasteiger partial charge < -0.3 is 23.9 Å². The molecule has 18 heteroatoms. The highest BCUT2D eigenvalue weighted by Crippen LogP contribution is 2.36. The first-order valence-corrected chi connectivity index (χ1v) is 19.8. The number of methoxy groups -OCH3 is 1. The second kappa shape index (κ2) is 18.1. The van der Waals surface area contributed by atoms with Gasteiger partial charge in [-0.2, -0.15) is 5.10 Å². The highest BCUT2D eigenvalue weighted by Gasteiger charge is 2.34. The Morgan fingerprint density at radius 1 is 0.946 bits per heavy atom. The number of anilines is 1. The molecule has 4 aromatic carbocycles. The summed E-state index contributed by atoms with van der Waals surface area (Å²) in [6, 6.07) is 24.0. The summed E-state index contributed by atoms with van der Waals surface area (Å²) in [5.74, 6) is 0.838. The molecule has 0 radical (unpaired) electrons. The van der Waals surface area contributed by atoms with Crippen molar-refractivity contribution in [2.24, 2.45) is 15.3 Å². The number of ether oxygens (including phenoxy) is 3. The number of thioether (sulfide) groups is 1. The van der Waals surface area contributed by atoms with Gasteiger partial charge in [0.1, 0.15) is 18.1 Å². The quantitative estimate of drug-likeness (QED) is 0.0637. The van der Waals surface area contributed by atoms with E-state index in [1.807, 2.05) is 0 Å². The predicted molar refractivity (Wildman–Crippen MR) is 217 cm³/mol. The van der Waals surface area contributed by atoms with Crippen molar-refractivity contribution in [2.45, 2.75) is 18.0 Å². The summed E-state index contributed by atoms with van der Waals surface area (Å²) >= 11 is 19.7. The number of carbonyl (C=O) groups is 2. The lowest BCUT2D eigenvalue weighted by atomic mass is 10.2. The highest BCUT2D eigenvalue weighted by atomic mass is 35.5. The topological polar surface area (TPSA) is 175 Å². The van der Waals surface area contributed by atoms with Gasteiger partial charge in [0, 0.05) is 31.9 Å². The fourth-order valence-electron chi connectivity index (χ4n) is 5.08. The molecule has 1 aromatic heterocycles.